The highest BCUT2D eigenvalue weighted by Crippen LogP contribution is 2.22. The van der Waals surface area contributed by atoms with Crippen LogP contribution in [-0.4, -0.2) is 31.5 Å². The minimum absolute atomic E-state index is 0.115. The van der Waals surface area contributed by atoms with Crippen molar-refractivity contribution < 1.29 is 18.3 Å². The van der Waals surface area contributed by atoms with E-state index in [1.807, 2.05) is 6.92 Å². The normalized spacial score (nSPS) is 11.4. The second-order valence-electron chi connectivity index (χ2n) is 3.54. The molecule has 0 spiro atoms. The van der Waals surface area contributed by atoms with Gasteiger partial charge in [-0.3, -0.25) is 0 Å². The Morgan fingerprint density at radius 1 is 1.41 bits per heavy atom. The van der Waals surface area contributed by atoms with Crippen molar-refractivity contribution >= 4 is 27.6 Å². The zero-order valence-electron chi connectivity index (χ0n) is 9.63. The Bertz CT molecular complexity index is 520. The Hall–Kier alpha value is -1.01. The molecular formula is C11H14O4S2. The van der Waals surface area contributed by atoms with E-state index in [9.17, 15) is 13.2 Å². The van der Waals surface area contributed by atoms with Gasteiger partial charge >= 0.3 is 5.97 Å². The Kier molecular flexibility index (Phi) is 4.59. The molecule has 0 amide bonds. The molecule has 0 unspecified atom stereocenters. The summed E-state index contributed by atoms with van der Waals surface area (Å²) >= 11 is 1.55. The third-order valence-corrected chi connectivity index (χ3v) is 4.29. The number of sulfone groups is 1. The fraction of sp³-hybridized carbons (Fsp3) is 0.364. The molecule has 0 saturated carbocycles. The van der Waals surface area contributed by atoms with Crippen LogP contribution in [0.25, 0.3) is 0 Å². The van der Waals surface area contributed by atoms with Gasteiger partial charge in [0.2, 0.25) is 0 Å². The monoisotopic (exact) mass is 274 g/mol. The minimum atomic E-state index is -3.31. The predicted octanol–water partition coefficient (Wildman–Crippen LogP) is 2.04. The Morgan fingerprint density at radius 3 is 2.53 bits per heavy atom. The van der Waals surface area contributed by atoms with Gasteiger partial charge in [0.25, 0.3) is 0 Å². The van der Waals surface area contributed by atoms with E-state index in [-0.39, 0.29) is 10.5 Å². The molecule has 94 valence electrons. The number of hydrogen-bond acceptors (Lipinski definition) is 4. The molecule has 0 aromatic heterocycles. The summed E-state index contributed by atoms with van der Waals surface area (Å²) in [6, 6.07) is 4.12. The zero-order chi connectivity index (χ0) is 13.1. The molecule has 6 heteroatoms. The van der Waals surface area contributed by atoms with Crippen molar-refractivity contribution in [3.63, 3.8) is 0 Å². The van der Waals surface area contributed by atoms with Crippen molar-refractivity contribution in [2.45, 2.75) is 17.6 Å². The molecule has 0 aliphatic carbocycles. The smallest absolute Gasteiger partial charge is 0.335 e. The van der Waals surface area contributed by atoms with Gasteiger partial charge in [-0.05, 0) is 29.5 Å². The second kappa shape index (κ2) is 5.55. The lowest BCUT2D eigenvalue weighted by molar-refractivity contribution is 0.0696. The summed E-state index contributed by atoms with van der Waals surface area (Å²) < 4.78 is 23.1. The molecule has 0 fully saturated rings. The second-order valence-corrected chi connectivity index (χ2v) is 6.80. The molecule has 1 aromatic rings. The highest BCUT2D eigenvalue weighted by atomic mass is 32.2. The molecule has 0 radical (unpaired) electrons. The molecule has 0 aliphatic heterocycles. The first-order chi connectivity index (χ1) is 7.86. The van der Waals surface area contributed by atoms with Gasteiger partial charge in [0.15, 0.2) is 9.84 Å². The van der Waals surface area contributed by atoms with Gasteiger partial charge in [0.05, 0.1) is 10.5 Å². The lowest BCUT2D eigenvalue weighted by Crippen LogP contribution is -2.05. The van der Waals surface area contributed by atoms with Crippen molar-refractivity contribution in [3.8, 4) is 0 Å². The highest BCUT2D eigenvalue weighted by molar-refractivity contribution is 7.98. The molecule has 17 heavy (non-hydrogen) atoms. The topological polar surface area (TPSA) is 71.4 Å². The van der Waals surface area contributed by atoms with Gasteiger partial charge in [0, 0.05) is 12.0 Å². The van der Waals surface area contributed by atoms with Crippen LogP contribution < -0.4 is 0 Å². The lowest BCUT2D eigenvalue weighted by atomic mass is 10.1. The first kappa shape index (κ1) is 14.1. The van der Waals surface area contributed by atoms with Gasteiger partial charge < -0.3 is 5.11 Å². The van der Waals surface area contributed by atoms with Crippen molar-refractivity contribution in [3.05, 3.63) is 29.3 Å². The van der Waals surface area contributed by atoms with Crippen molar-refractivity contribution in [2.24, 2.45) is 0 Å². The summed E-state index contributed by atoms with van der Waals surface area (Å²) in [6.45, 7) is 1.96. The number of thioether (sulfide) groups is 1. The number of aromatic carboxylic acids is 1. The van der Waals surface area contributed by atoms with Crippen LogP contribution in [0.15, 0.2) is 23.1 Å². The molecular weight excluding hydrogens is 260 g/mol. The van der Waals surface area contributed by atoms with E-state index >= 15 is 0 Å². The Balaban J connectivity index is 3.26. The predicted molar refractivity (Wildman–Crippen MR) is 68.3 cm³/mol. The van der Waals surface area contributed by atoms with E-state index in [0.29, 0.717) is 11.3 Å². The maximum Gasteiger partial charge on any atom is 0.335 e. The van der Waals surface area contributed by atoms with Gasteiger partial charge in [-0.15, -0.1) is 0 Å². The lowest BCUT2D eigenvalue weighted by Gasteiger charge is -2.08. The third-order valence-electron chi connectivity index (χ3n) is 2.17. The number of benzene rings is 1. The molecule has 0 saturated heterocycles. The molecule has 1 aromatic carbocycles. The van der Waals surface area contributed by atoms with Gasteiger partial charge in [-0.25, -0.2) is 13.2 Å². The van der Waals surface area contributed by atoms with E-state index < -0.39 is 15.8 Å². The quantitative estimate of drug-likeness (QED) is 0.889. The van der Waals surface area contributed by atoms with Crippen LogP contribution in [0.2, 0.25) is 0 Å². The van der Waals surface area contributed by atoms with Crippen LogP contribution in [0.4, 0.5) is 0 Å². The highest BCUT2D eigenvalue weighted by Gasteiger charge is 2.15. The first-order valence-electron chi connectivity index (χ1n) is 5.00. The molecule has 0 atom stereocenters. The number of hydrogen-bond donors (Lipinski definition) is 1. The van der Waals surface area contributed by atoms with E-state index in [1.54, 1.807) is 11.8 Å². The number of carboxylic acid groups (broad SMARTS) is 1. The maximum absolute atomic E-state index is 11.5. The van der Waals surface area contributed by atoms with Crippen LogP contribution in [0.1, 0.15) is 22.8 Å². The van der Waals surface area contributed by atoms with Crippen LogP contribution >= 0.6 is 11.8 Å². The molecule has 0 aliphatic rings. The summed E-state index contributed by atoms with van der Waals surface area (Å²) in [5.74, 6) is 0.299. The fourth-order valence-corrected chi connectivity index (χ4v) is 3.08. The van der Waals surface area contributed by atoms with Gasteiger partial charge in [-0.1, -0.05) is 6.92 Å². The molecule has 0 bridgehead atoms. The number of rotatable bonds is 5. The molecule has 0 heterocycles. The molecule has 1 rings (SSSR count). The summed E-state index contributed by atoms with van der Waals surface area (Å²) in [5, 5.41) is 8.87. The van der Waals surface area contributed by atoms with Crippen molar-refractivity contribution in [1.82, 2.24) is 0 Å². The minimum Gasteiger partial charge on any atom is -0.478 e. The maximum atomic E-state index is 11.5. The van der Waals surface area contributed by atoms with Crippen molar-refractivity contribution in [1.29, 1.82) is 0 Å². The van der Waals surface area contributed by atoms with Gasteiger partial charge in [-0.2, -0.15) is 11.8 Å². The summed E-state index contributed by atoms with van der Waals surface area (Å²) in [7, 11) is -3.31. The average Bonchev–Trinajstić information content (AvgIpc) is 2.24. The molecule has 1 N–H and O–H groups in total. The summed E-state index contributed by atoms with van der Waals surface area (Å²) in [4.78, 5) is 11.0. The van der Waals surface area contributed by atoms with Crippen molar-refractivity contribution in [2.75, 3.05) is 12.0 Å². The van der Waals surface area contributed by atoms with E-state index in [1.165, 1.54) is 18.2 Å². The largest absolute Gasteiger partial charge is 0.478 e. The number of carbonyl (C=O) groups is 1. The van der Waals surface area contributed by atoms with Gasteiger partial charge in [0.1, 0.15) is 0 Å². The summed E-state index contributed by atoms with van der Waals surface area (Å²) in [6.07, 6.45) is 1.13. The van der Waals surface area contributed by atoms with Crippen LogP contribution in [0, 0.1) is 0 Å². The zero-order valence-corrected chi connectivity index (χ0v) is 11.3. The van der Waals surface area contributed by atoms with Crippen LogP contribution in [0.5, 0.6) is 0 Å². The van der Waals surface area contributed by atoms with E-state index in [4.69, 9.17) is 5.11 Å². The van der Waals surface area contributed by atoms with Crippen LogP contribution in [0.3, 0.4) is 0 Å². The van der Waals surface area contributed by atoms with Crippen LogP contribution in [-0.2, 0) is 15.6 Å². The molecule has 4 nitrogen and oxygen atoms in total. The van der Waals surface area contributed by atoms with E-state index in [0.717, 1.165) is 12.0 Å². The van der Waals surface area contributed by atoms with E-state index in [2.05, 4.69) is 0 Å². The average molecular weight is 274 g/mol. The Labute approximate surface area is 105 Å². The summed E-state index contributed by atoms with van der Waals surface area (Å²) in [5.41, 5.74) is 0.670. The number of carboxylic acids is 1. The standard InChI is InChI=1S/C11H14O4S2/c1-3-16-7-9-6-8(11(12)13)4-5-10(9)17(2,14)15/h4-6H,3,7H2,1-2H3,(H,12,13). The Morgan fingerprint density at radius 2 is 2.06 bits per heavy atom. The third kappa shape index (κ3) is 3.74. The fourth-order valence-electron chi connectivity index (χ4n) is 1.40. The SMILES string of the molecule is CCSCc1cc(C(=O)O)ccc1S(C)(=O)=O. The first-order valence-corrected chi connectivity index (χ1v) is 8.05.